The molecule has 1 saturated heterocycles. The average Bonchev–Trinajstić information content (AvgIpc) is 3.40. The van der Waals surface area contributed by atoms with Crippen molar-refractivity contribution in [1.29, 1.82) is 0 Å². The fourth-order valence-corrected chi connectivity index (χ4v) is 8.59. The van der Waals surface area contributed by atoms with E-state index in [1.165, 1.54) is 79.7 Å². The second-order valence-corrected chi connectivity index (χ2v) is 19.3. The van der Waals surface area contributed by atoms with E-state index in [9.17, 15) is 73.8 Å². The third kappa shape index (κ3) is 18.6. The van der Waals surface area contributed by atoms with Crippen LogP contribution in [0.15, 0.2) is 103 Å². The van der Waals surface area contributed by atoms with Crippen molar-refractivity contribution < 1.29 is 73.8 Å². The highest BCUT2D eigenvalue weighted by Crippen LogP contribution is 2.18. The van der Waals surface area contributed by atoms with Gasteiger partial charge in [0.05, 0.1) is 25.4 Å². The number of aliphatic hydroxyl groups excluding tert-OH is 3. The highest BCUT2D eigenvalue weighted by molar-refractivity contribution is 8.13. The van der Waals surface area contributed by atoms with Crippen molar-refractivity contribution in [2.24, 2.45) is 5.73 Å². The van der Waals surface area contributed by atoms with Crippen LogP contribution in [0.3, 0.4) is 0 Å². The average molecular weight is 1090 g/mol. The van der Waals surface area contributed by atoms with Gasteiger partial charge in [0.2, 0.25) is 52.4 Å². The van der Waals surface area contributed by atoms with Crippen LogP contribution in [0, 0.1) is 0 Å². The van der Waals surface area contributed by atoms with Gasteiger partial charge in [0, 0.05) is 31.4 Å². The quantitative estimate of drug-likeness (QED) is 0.0443. The number of hydrogen-bond acceptors (Lipinski definition) is 17. The molecule has 5 rings (SSSR count). The molecule has 16 N–H and O–H groups in total. The lowest BCUT2D eigenvalue weighted by Crippen LogP contribution is -2.63. The Balaban J connectivity index is 1.44. The van der Waals surface area contributed by atoms with Gasteiger partial charge >= 0.3 is 0 Å². The van der Waals surface area contributed by atoms with Gasteiger partial charge in [-0.2, -0.15) is 0 Å². The normalized spacial score (nSPS) is 20.0. The molecule has 0 aromatic heterocycles. The largest absolute Gasteiger partial charge is 0.508 e. The molecule has 4 aromatic rings. The van der Waals surface area contributed by atoms with Crippen LogP contribution >= 0.6 is 11.8 Å². The Bertz CT molecular complexity index is 2700. The number of thioether (sulfide) groups is 1. The number of nitrogens with two attached hydrogens (primary N) is 1. The molecule has 0 unspecified atom stereocenters. The summed E-state index contributed by atoms with van der Waals surface area (Å²) in [7, 11) is 0. The topological polar surface area (TPSA) is 397 Å². The highest BCUT2D eigenvalue weighted by atomic mass is 32.2. The number of aliphatic hydroxyl groups is 3. The maximum atomic E-state index is 14.4. The van der Waals surface area contributed by atoms with Gasteiger partial charge in [0.1, 0.15) is 65.6 Å². The molecule has 0 radical (unpaired) electrons. The molecule has 8 amide bonds. The smallest absolute Gasteiger partial charge is 0.245 e. The number of phenolic OH excluding ortho intramolecular Hbond substituents is 3. The number of rotatable bonds is 19. The maximum Gasteiger partial charge on any atom is 0.245 e. The number of carbonyl (C=O) groups is 9. The van der Waals surface area contributed by atoms with Gasteiger partial charge in [-0.1, -0.05) is 78.5 Å². The molecule has 1 aliphatic heterocycles. The van der Waals surface area contributed by atoms with E-state index in [-0.39, 0.29) is 42.9 Å². The number of amides is 8. The molecule has 0 saturated carbocycles. The number of benzene rings is 4. The first-order valence-electron chi connectivity index (χ1n) is 24.3. The monoisotopic (exact) mass is 1090 g/mol. The molecule has 0 aliphatic carbocycles. The van der Waals surface area contributed by atoms with Gasteiger partial charge in [-0.3, -0.25) is 43.2 Å². The van der Waals surface area contributed by atoms with Crippen LogP contribution in [-0.2, 0) is 68.8 Å². The van der Waals surface area contributed by atoms with Gasteiger partial charge < -0.3 is 78.9 Å². The molecule has 412 valence electrons. The summed E-state index contributed by atoms with van der Waals surface area (Å²) in [4.78, 5) is 125. The van der Waals surface area contributed by atoms with Crippen molar-refractivity contribution in [2.75, 3.05) is 18.9 Å². The lowest BCUT2D eigenvalue weighted by molar-refractivity contribution is -0.137. The molecule has 77 heavy (non-hydrogen) atoms. The summed E-state index contributed by atoms with van der Waals surface area (Å²) in [5.74, 6) is -8.92. The van der Waals surface area contributed by atoms with Crippen molar-refractivity contribution in [2.45, 2.75) is 100 Å². The maximum absolute atomic E-state index is 14.4. The first-order chi connectivity index (χ1) is 36.6. The lowest BCUT2D eigenvalue weighted by atomic mass is 10.0. The van der Waals surface area contributed by atoms with E-state index in [0.29, 0.717) is 34.0 Å². The van der Waals surface area contributed by atoms with Crippen molar-refractivity contribution in [1.82, 2.24) is 42.5 Å². The summed E-state index contributed by atoms with van der Waals surface area (Å²) >= 11 is 0.504. The zero-order valence-electron chi connectivity index (χ0n) is 41.9. The van der Waals surface area contributed by atoms with Gasteiger partial charge in [0.15, 0.2) is 0 Å². The minimum Gasteiger partial charge on any atom is -0.508 e. The van der Waals surface area contributed by atoms with Crippen LogP contribution in [0.4, 0.5) is 0 Å². The van der Waals surface area contributed by atoms with E-state index in [1.807, 2.05) is 0 Å². The third-order valence-electron chi connectivity index (χ3n) is 12.1. The fraction of sp³-hybridized carbons (Fsp3) is 0.365. The molecular formula is C52H63N9O15S. The second kappa shape index (κ2) is 28.7. The van der Waals surface area contributed by atoms with Gasteiger partial charge in [-0.15, -0.1) is 0 Å². The molecule has 1 fully saturated rings. The molecule has 10 atom stereocenters. The standard InChI is InChI=1S/C52H63N9O15S/c1-27(63)43(53)50(74)57-38(22-32-12-18-35(67)19-13-32)47(71)59-40(25-62)48(72)61-44(28(2)64)51(75)60-41-26-77-52(76)39(23-29-6-4-3-5-7-29)58-46(70)37(21-31-10-16-34(66)17-11-31)55-42(68)24-54-45(69)36(56-49(41)73)20-30-8-14-33(65)15-9-30/h3-19,27-28,36-41,43-44,62-67H,20-26,53H2,1-2H3,(H,54,69)(H,55,68)(H,56,73)(H,57,74)(H,58,70)(H,59,71)(H,60,75)(H,61,72)/t27-,28-,36+,37+,38+,39+,40+,41+,43+,44+/m1/s1. The van der Waals surface area contributed by atoms with Gasteiger partial charge in [-0.25, -0.2) is 0 Å². The number of hydrogen-bond donors (Lipinski definition) is 15. The number of carbonyl (C=O) groups excluding carboxylic acids is 9. The molecule has 1 aliphatic rings. The van der Waals surface area contributed by atoms with E-state index < -0.39 is 132 Å². The third-order valence-corrected chi connectivity index (χ3v) is 13.1. The Morgan fingerprint density at radius 3 is 1.60 bits per heavy atom. The predicted molar refractivity (Wildman–Crippen MR) is 278 cm³/mol. The van der Waals surface area contributed by atoms with Crippen LogP contribution in [0.5, 0.6) is 17.2 Å². The Morgan fingerprint density at radius 2 is 1.06 bits per heavy atom. The first kappa shape index (κ1) is 59.8. The van der Waals surface area contributed by atoms with Crippen molar-refractivity contribution in [3.05, 3.63) is 125 Å². The Morgan fingerprint density at radius 1 is 0.584 bits per heavy atom. The van der Waals surface area contributed by atoms with Crippen LogP contribution < -0.4 is 48.3 Å². The summed E-state index contributed by atoms with van der Waals surface area (Å²) in [6, 6.07) is 12.8. The van der Waals surface area contributed by atoms with Crippen molar-refractivity contribution in [3.8, 4) is 17.2 Å². The summed E-state index contributed by atoms with van der Waals surface area (Å²) in [5.41, 5.74) is 7.74. The predicted octanol–water partition coefficient (Wildman–Crippen LogP) is -3.06. The SMILES string of the molecule is C[C@@H](O)[C@H](N)C(=O)N[C@@H](Cc1ccc(O)cc1)C(=O)N[C@@H](CO)C(=O)N[C@H](C(=O)N[C@H]1CSC(=O)[C@H](Cc2ccccc2)NC(=O)[C@H](Cc2ccc(O)cc2)NC(=O)CNC(=O)[C@H](Cc2ccc(O)cc2)NC1=O)[C@@H](C)O. The molecule has 4 aromatic carbocycles. The minimum atomic E-state index is -1.94. The molecule has 0 spiro atoms. The van der Waals surface area contributed by atoms with Crippen LogP contribution in [0.1, 0.15) is 36.1 Å². The minimum absolute atomic E-state index is 0.0569. The summed E-state index contributed by atoms with van der Waals surface area (Å²) in [5, 5.41) is 79.6. The molecule has 25 heteroatoms. The summed E-state index contributed by atoms with van der Waals surface area (Å²) in [6.45, 7) is 0.545. The Hall–Kier alpha value is -8.10. The van der Waals surface area contributed by atoms with Crippen molar-refractivity contribution in [3.63, 3.8) is 0 Å². The summed E-state index contributed by atoms with van der Waals surface area (Å²) < 4.78 is 0. The summed E-state index contributed by atoms with van der Waals surface area (Å²) in [6.07, 6.45) is -3.76. The van der Waals surface area contributed by atoms with E-state index in [0.717, 1.165) is 6.92 Å². The lowest BCUT2D eigenvalue weighted by Gasteiger charge is -2.28. The number of phenols is 3. The van der Waals surface area contributed by atoms with E-state index >= 15 is 0 Å². The fourth-order valence-electron chi connectivity index (χ4n) is 7.68. The van der Waals surface area contributed by atoms with Crippen LogP contribution in [0.25, 0.3) is 0 Å². The van der Waals surface area contributed by atoms with Crippen LogP contribution in [0.2, 0.25) is 0 Å². The van der Waals surface area contributed by atoms with Gasteiger partial charge in [0.25, 0.3) is 0 Å². The van der Waals surface area contributed by atoms with Crippen LogP contribution in [-0.4, -0.2) is 162 Å². The zero-order chi connectivity index (χ0) is 56.3. The van der Waals surface area contributed by atoms with E-state index in [1.54, 1.807) is 30.3 Å². The molecule has 0 bridgehead atoms. The molecule has 1 heterocycles. The zero-order valence-corrected chi connectivity index (χ0v) is 42.7. The van der Waals surface area contributed by atoms with Crippen molar-refractivity contribution >= 4 is 64.1 Å². The first-order valence-corrected chi connectivity index (χ1v) is 25.2. The second-order valence-electron chi connectivity index (χ2n) is 18.3. The number of aromatic hydroxyl groups is 3. The highest BCUT2D eigenvalue weighted by Gasteiger charge is 2.37. The Labute approximate surface area is 446 Å². The number of nitrogens with one attached hydrogen (secondary N) is 8. The van der Waals surface area contributed by atoms with E-state index in [2.05, 4.69) is 42.5 Å². The van der Waals surface area contributed by atoms with Gasteiger partial charge in [-0.05, 0) is 72.5 Å². The van der Waals surface area contributed by atoms with E-state index in [4.69, 9.17) is 5.73 Å². The molecule has 24 nitrogen and oxygen atoms in total. The molecular weight excluding hydrogens is 1020 g/mol. The Kier molecular flexibility index (Phi) is 22.3.